The smallest absolute Gasteiger partial charge is 0.123 e. The van der Waals surface area contributed by atoms with E-state index in [0.29, 0.717) is 11.6 Å². The Hall–Kier alpha value is -1.38. The van der Waals surface area contributed by atoms with E-state index in [-0.39, 0.29) is 11.9 Å². The van der Waals surface area contributed by atoms with Crippen LogP contribution in [0.4, 0.5) is 4.39 Å². The van der Waals surface area contributed by atoms with Crippen molar-refractivity contribution in [2.75, 3.05) is 0 Å². The van der Waals surface area contributed by atoms with Gasteiger partial charge >= 0.3 is 0 Å². The van der Waals surface area contributed by atoms with Crippen LogP contribution < -0.4 is 5.32 Å². The first-order valence-corrected chi connectivity index (χ1v) is 6.27. The molecule has 0 aliphatic carbocycles. The second-order valence-electron chi connectivity index (χ2n) is 4.25. The van der Waals surface area contributed by atoms with E-state index in [1.807, 2.05) is 18.2 Å². The van der Waals surface area contributed by atoms with Crippen LogP contribution in [0.2, 0.25) is 5.02 Å². The van der Waals surface area contributed by atoms with Gasteiger partial charge in [0.25, 0.3) is 0 Å². The van der Waals surface area contributed by atoms with Gasteiger partial charge in [-0.1, -0.05) is 41.9 Å². The van der Waals surface area contributed by atoms with Crippen LogP contribution in [0.1, 0.15) is 24.1 Å². The Kier molecular flexibility index (Phi) is 4.34. The molecule has 0 aromatic heterocycles. The van der Waals surface area contributed by atoms with Gasteiger partial charge in [0.05, 0.1) is 0 Å². The van der Waals surface area contributed by atoms with E-state index in [1.54, 1.807) is 6.07 Å². The van der Waals surface area contributed by atoms with Gasteiger partial charge in [0.15, 0.2) is 0 Å². The molecule has 0 amide bonds. The van der Waals surface area contributed by atoms with Gasteiger partial charge in [0.2, 0.25) is 0 Å². The predicted molar refractivity (Wildman–Crippen MR) is 73.1 cm³/mol. The van der Waals surface area contributed by atoms with E-state index < -0.39 is 0 Å². The van der Waals surface area contributed by atoms with Crippen LogP contribution in [-0.2, 0) is 6.54 Å². The van der Waals surface area contributed by atoms with Crippen molar-refractivity contribution in [2.45, 2.75) is 19.5 Å². The highest BCUT2D eigenvalue weighted by Gasteiger charge is 2.06. The van der Waals surface area contributed by atoms with Crippen molar-refractivity contribution in [3.63, 3.8) is 0 Å². The zero-order chi connectivity index (χ0) is 13.0. The van der Waals surface area contributed by atoms with Crippen LogP contribution >= 0.6 is 11.6 Å². The Bertz CT molecular complexity index is 513. The molecule has 0 aliphatic rings. The highest BCUT2D eigenvalue weighted by Crippen LogP contribution is 2.18. The molecule has 0 fully saturated rings. The van der Waals surface area contributed by atoms with Crippen molar-refractivity contribution in [1.29, 1.82) is 0 Å². The molecule has 0 radical (unpaired) electrons. The molecule has 0 unspecified atom stereocenters. The average Bonchev–Trinajstić information content (AvgIpc) is 2.40. The summed E-state index contributed by atoms with van der Waals surface area (Å²) in [5.74, 6) is -0.261. The summed E-state index contributed by atoms with van der Waals surface area (Å²) < 4.78 is 13.1. The molecular weight excluding hydrogens is 249 g/mol. The second kappa shape index (κ2) is 5.98. The number of hydrogen-bond acceptors (Lipinski definition) is 1. The standard InChI is InChI=1S/C15H15ClFN/c1-11(12-5-3-2-4-6-12)18-10-13-9-14(17)7-8-15(13)16/h2-9,11,18H,10H2,1H3/t11-/m1/s1. The summed E-state index contributed by atoms with van der Waals surface area (Å²) in [5, 5.41) is 3.92. The van der Waals surface area contributed by atoms with Crippen molar-refractivity contribution in [3.05, 3.63) is 70.5 Å². The highest BCUT2D eigenvalue weighted by atomic mass is 35.5. The Balaban J connectivity index is 2.01. The lowest BCUT2D eigenvalue weighted by molar-refractivity contribution is 0.569. The molecule has 3 heteroatoms. The van der Waals surface area contributed by atoms with Gasteiger partial charge in [-0.2, -0.15) is 0 Å². The van der Waals surface area contributed by atoms with Gasteiger partial charge < -0.3 is 5.32 Å². The fraction of sp³-hybridized carbons (Fsp3) is 0.200. The van der Waals surface area contributed by atoms with Crippen LogP contribution in [0, 0.1) is 5.82 Å². The fourth-order valence-corrected chi connectivity index (χ4v) is 1.99. The van der Waals surface area contributed by atoms with Gasteiger partial charge in [-0.3, -0.25) is 0 Å². The summed E-state index contributed by atoms with van der Waals surface area (Å²) in [5.41, 5.74) is 1.98. The first kappa shape index (κ1) is 13.1. The molecule has 1 nitrogen and oxygen atoms in total. The van der Waals surface area contributed by atoms with Crippen molar-refractivity contribution in [3.8, 4) is 0 Å². The van der Waals surface area contributed by atoms with E-state index in [9.17, 15) is 4.39 Å². The molecule has 0 saturated heterocycles. The number of nitrogens with one attached hydrogen (secondary N) is 1. The maximum Gasteiger partial charge on any atom is 0.123 e. The topological polar surface area (TPSA) is 12.0 Å². The maximum atomic E-state index is 13.1. The SMILES string of the molecule is C[C@@H](NCc1cc(F)ccc1Cl)c1ccccc1. The van der Waals surface area contributed by atoms with E-state index in [1.165, 1.54) is 17.7 Å². The van der Waals surface area contributed by atoms with Crippen LogP contribution in [0.3, 0.4) is 0 Å². The van der Waals surface area contributed by atoms with Gasteiger partial charge in [0.1, 0.15) is 5.82 Å². The largest absolute Gasteiger partial charge is 0.306 e. The lowest BCUT2D eigenvalue weighted by Crippen LogP contribution is -2.18. The first-order valence-electron chi connectivity index (χ1n) is 5.89. The Morgan fingerprint density at radius 2 is 1.89 bits per heavy atom. The lowest BCUT2D eigenvalue weighted by atomic mass is 10.1. The van der Waals surface area contributed by atoms with Crippen LogP contribution in [-0.4, -0.2) is 0 Å². The van der Waals surface area contributed by atoms with Gasteiger partial charge in [-0.05, 0) is 36.2 Å². The van der Waals surface area contributed by atoms with Crippen LogP contribution in [0.15, 0.2) is 48.5 Å². The van der Waals surface area contributed by atoms with Gasteiger partial charge in [-0.25, -0.2) is 4.39 Å². The maximum absolute atomic E-state index is 13.1. The minimum Gasteiger partial charge on any atom is -0.306 e. The normalized spacial score (nSPS) is 12.4. The molecule has 1 atom stereocenters. The summed E-state index contributed by atoms with van der Waals surface area (Å²) in [7, 11) is 0. The summed E-state index contributed by atoms with van der Waals surface area (Å²) >= 11 is 6.02. The summed E-state index contributed by atoms with van der Waals surface area (Å²) in [4.78, 5) is 0. The number of hydrogen-bond donors (Lipinski definition) is 1. The highest BCUT2D eigenvalue weighted by molar-refractivity contribution is 6.31. The first-order chi connectivity index (χ1) is 8.66. The third-order valence-corrected chi connectivity index (χ3v) is 3.27. The Labute approximate surface area is 112 Å². The molecule has 2 aromatic carbocycles. The molecule has 2 aromatic rings. The van der Waals surface area contributed by atoms with Crippen LogP contribution in [0.25, 0.3) is 0 Å². The predicted octanol–water partition coefficient (Wildman–Crippen LogP) is 4.33. The molecule has 94 valence electrons. The molecule has 0 saturated carbocycles. The lowest BCUT2D eigenvalue weighted by Gasteiger charge is -2.14. The number of halogens is 2. The van der Waals surface area contributed by atoms with E-state index in [0.717, 1.165) is 5.56 Å². The van der Waals surface area contributed by atoms with Crippen LogP contribution in [0.5, 0.6) is 0 Å². The minimum absolute atomic E-state index is 0.200. The fourth-order valence-electron chi connectivity index (χ4n) is 1.80. The van der Waals surface area contributed by atoms with Crippen molar-refractivity contribution in [2.24, 2.45) is 0 Å². The zero-order valence-electron chi connectivity index (χ0n) is 10.2. The van der Waals surface area contributed by atoms with Crippen molar-refractivity contribution in [1.82, 2.24) is 5.32 Å². The molecule has 18 heavy (non-hydrogen) atoms. The molecular formula is C15H15ClFN. The molecule has 0 bridgehead atoms. The summed E-state index contributed by atoms with van der Waals surface area (Å²) in [6.07, 6.45) is 0. The number of rotatable bonds is 4. The molecule has 0 heterocycles. The summed E-state index contributed by atoms with van der Waals surface area (Å²) in [6, 6.07) is 14.7. The molecule has 0 aliphatic heterocycles. The third kappa shape index (κ3) is 3.31. The van der Waals surface area contributed by atoms with E-state index >= 15 is 0 Å². The van der Waals surface area contributed by atoms with Gasteiger partial charge in [-0.15, -0.1) is 0 Å². The molecule has 1 N–H and O–H groups in total. The Morgan fingerprint density at radius 1 is 1.17 bits per heavy atom. The van der Waals surface area contributed by atoms with Crippen molar-refractivity contribution < 1.29 is 4.39 Å². The number of benzene rings is 2. The van der Waals surface area contributed by atoms with Gasteiger partial charge in [0, 0.05) is 17.6 Å². The zero-order valence-corrected chi connectivity index (χ0v) is 10.9. The van der Waals surface area contributed by atoms with Crippen molar-refractivity contribution >= 4 is 11.6 Å². The quantitative estimate of drug-likeness (QED) is 0.866. The molecule has 0 spiro atoms. The van der Waals surface area contributed by atoms with E-state index in [2.05, 4.69) is 24.4 Å². The average molecular weight is 264 g/mol. The second-order valence-corrected chi connectivity index (χ2v) is 4.66. The minimum atomic E-state index is -0.261. The third-order valence-electron chi connectivity index (χ3n) is 2.91. The molecule has 2 rings (SSSR count). The summed E-state index contributed by atoms with van der Waals surface area (Å²) in [6.45, 7) is 2.62. The van der Waals surface area contributed by atoms with E-state index in [4.69, 9.17) is 11.6 Å². The monoisotopic (exact) mass is 263 g/mol. The Morgan fingerprint density at radius 3 is 2.61 bits per heavy atom.